The standard InChI is InChI=1S/C13H12N4O/c1-18-9-10-3-2-4-11(7-10)16-13-15-6-5-12(8-14)17-13/h2-7H,9H2,1H3,(H,15,16,17). The Morgan fingerprint density at radius 3 is 3.06 bits per heavy atom. The van der Waals surface area contributed by atoms with Gasteiger partial charge in [-0.3, -0.25) is 0 Å². The zero-order valence-corrected chi connectivity index (χ0v) is 9.92. The lowest BCUT2D eigenvalue weighted by atomic mass is 10.2. The lowest BCUT2D eigenvalue weighted by molar-refractivity contribution is 0.185. The van der Waals surface area contributed by atoms with Crippen molar-refractivity contribution >= 4 is 11.6 Å². The molecule has 0 spiro atoms. The Bertz CT molecular complexity index is 577. The second-order valence-electron chi connectivity index (χ2n) is 3.64. The van der Waals surface area contributed by atoms with Gasteiger partial charge in [0.25, 0.3) is 0 Å². The number of ether oxygens (including phenoxy) is 1. The summed E-state index contributed by atoms with van der Waals surface area (Å²) in [5.41, 5.74) is 2.25. The first kappa shape index (κ1) is 12.0. The molecule has 0 bridgehead atoms. The van der Waals surface area contributed by atoms with Crippen molar-refractivity contribution in [1.82, 2.24) is 9.97 Å². The molecule has 90 valence electrons. The van der Waals surface area contributed by atoms with Crippen molar-refractivity contribution in [2.24, 2.45) is 0 Å². The Labute approximate surface area is 105 Å². The first-order valence-corrected chi connectivity index (χ1v) is 5.40. The molecule has 2 rings (SSSR count). The van der Waals surface area contributed by atoms with Crippen molar-refractivity contribution in [2.75, 3.05) is 12.4 Å². The highest BCUT2D eigenvalue weighted by atomic mass is 16.5. The smallest absolute Gasteiger partial charge is 0.228 e. The molecule has 0 unspecified atom stereocenters. The van der Waals surface area contributed by atoms with Gasteiger partial charge in [-0.1, -0.05) is 12.1 Å². The van der Waals surface area contributed by atoms with Crippen LogP contribution in [0.5, 0.6) is 0 Å². The second-order valence-corrected chi connectivity index (χ2v) is 3.64. The topological polar surface area (TPSA) is 70.8 Å². The first-order valence-electron chi connectivity index (χ1n) is 5.40. The highest BCUT2D eigenvalue weighted by Crippen LogP contribution is 2.15. The number of methoxy groups -OCH3 is 1. The third-order valence-corrected chi connectivity index (χ3v) is 2.26. The molecule has 0 saturated carbocycles. The molecule has 0 radical (unpaired) electrons. The Balaban J connectivity index is 2.18. The zero-order valence-electron chi connectivity index (χ0n) is 9.92. The summed E-state index contributed by atoms with van der Waals surface area (Å²) >= 11 is 0. The van der Waals surface area contributed by atoms with E-state index in [1.807, 2.05) is 30.3 Å². The number of nitrogens with zero attached hydrogens (tertiary/aromatic N) is 3. The van der Waals surface area contributed by atoms with Crippen molar-refractivity contribution in [2.45, 2.75) is 6.61 Å². The van der Waals surface area contributed by atoms with Gasteiger partial charge in [0.2, 0.25) is 5.95 Å². The summed E-state index contributed by atoms with van der Waals surface area (Å²) in [6.45, 7) is 0.550. The number of aromatic nitrogens is 2. The van der Waals surface area contributed by atoms with Crippen LogP contribution < -0.4 is 5.32 Å². The van der Waals surface area contributed by atoms with E-state index < -0.39 is 0 Å². The number of hydrogen-bond donors (Lipinski definition) is 1. The Morgan fingerprint density at radius 2 is 2.28 bits per heavy atom. The van der Waals surface area contributed by atoms with Crippen LogP contribution in [0, 0.1) is 11.3 Å². The van der Waals surface area contributed by atoms with E-state index in [1.165, 1.54) is 0 Å². The average Bonchev–Trinajstić information content (AvgIpc) is 2.40. The predicted molar refractivity (Wildman–Crippen MR) is 67.2 cm³/mol. The van der Waals surface area contributed by atoms with E-state index in [4.69, 9.17) is 10.00 Å². The van der Waals surface area contributed by atoms with E-state index in [0.29, 0.717) is 18.2 Å². The van der Waals surface area contributed by atoms with Gasteiger partial charge in [-0.05, 0) is 23.8 Å². The van der Waals surface area contributed by atoms with Gasteiger partial charge in [0.1, 0.15) is 11.8 Å². The van der Waals surface area contributed by atoms with Crippen LogP contribution in [0.4, 0.5) is 11.6 Å². The highest BCUT2D eigenvalue weighted by Gasteiger charge is 2.00. The molecule has 1 aromatic heterocycles. The Kier molecular flexibility index (Phi) is 3.84. The maximum absolute atomic E-state index is 8.76. The molecule has 5 nitrogen and oxygen atoms in total. The summed E-state index contributed by atoms with van der Waals surface area (Å²) < 4.78 is 5.07. The first-order chi connectivity index (χ1) is 8.81. The molecule has 18 heavy (non-hydrogen) atoms. The number of hydrogen-bond acceptors (Lipinski definition) is 5. The van der Waals surface area contributed by atoms with Gasteiger partial charge < -0.3 is 10.1 Å². The van der Waals surface area contributed by atoms with Crippen LogP contribution in [-0.2, 0) is 11.3 Å². The van der Waals surface area contributed by atoms with Crippen LogP contribution >= 0.6 is 0 Å². The summed E-state index contributed by atoms with van der Waals surface area (Å²) in [7, 11) is 1.65. The Morgan fingerprint density at radius 1 is 1.39 bits per heavy atom. The fourth-order valence-corrected chi connectivity index (χ4v) is 1.52. The number of nitriles is 1. The lowest BCUT2D eigenvalue weighted by Gasteiger charge is -2.06. The summed E-state index contributed by atoms with van der Waals surface area (Å²) in [5, 5.41) is 11.8. The predicted octanol–water partition coefficient (Wildman–Crippen LogP) is 2.24. The molecule has 0 aliphatic carbocycles. The molecule has 0 amide bonds. The van der Waals surface area contributed by atoms with E-state index in [-0.39, 0.29) is 0 Å². The molecular weight excluding hydrogens is 228 g/mol. The van der Waals surface area contributed by atoms with Gasteiger partial charge in [-0.25, -0.2) is 9.97 Å². The maximum Gasteiger partial charge on any atom is 0.228 e. The van der Waals surface area contributed by atoms with Gasteiger partial charge in [-0.15, -0.1) is 0 Å². The van der Waals surface area contributed by atoms with Crippen LogP contribution in [0.15, 0.2) is 36.5 Å². The highest BCUT2D eigenvalue weighted by molar-refractivity contribution is 5.54. The third kappa shape index (κ3) is 3.03. The van der Waals surface area contributed by atoms with E-state index in [0.717, 1.165) is 11.3 Å². The van der Waals surface area contributed by atoms with E-state index in [9.17, 15) is 0 Å². The van der Waals surface area contributed by atoms with Gasteiger partial charge in [0.05, 0.1) is 6.61 Å². The number of nitrogens with one attached hydrogen (secondary N) is 1. The number of anilines is 2. The van der Waals surface area contributed by atoms with Gasteiger partial charge in [-0.2, -0.15) is 5.26 Å². The van der Waals surface area contributed by atoms with Gasteiger partial charge >= 0.3 is 0 Å². The number of rotatable bonds is 4. The molecule has 0 fully saturated rings. The molecule has 0 aliphatic rings. The minimum atomic E-state index is 0.334. The lowest BCUT2D eigenvalue weighted by Crippen LogP contribution is -1.98. The Hall–Kier alpha value is -2.45. The molecule has 5 heteroatoms. The molecule has 1 N–H and O–H groups in total. The van der Waals surface area contributed by atoms with E-state index in [1.54, 1.807) is 19.4 Å². The van der Waals surface area contributed by atoms with Crippen molar-refractivity contribution in [3.63, 3.8) is 0 Å². The second kappa shape index (κ2) is 5.75. The fraction of sp³-hybridized carbons (Fsp3) is 0.154. The normalized spacial score (nSPS) is 9.78. The summed E-state index contributed by atoms with van der Waals surface area (Å²) in [6.07, 6.45) is 1.55. The largest absolute Gasteiger partial charge is 0.380 e. The van der Waals surface area contributed by atoms with Crippen LogP contribution in [0.3, 0.4) is 0 Å². The SMILES string of the molecule is COCc1cccc(Nc2nccc(C#N)n2)c1. The van der Waals surface area contributed by atoms with Gasteiger partial charge in [0.15, 0.2) is 0 Å². The quantitative estimate of drug-likeness (QED) is 0.887. The fourth-order valence-electron chi connectivity index (χ4n) is 1.52. The maximum atomic E-state index is 8.76. The minimum Gasteiger partial charge on any atom is -0.380 e. The molecule has 0 saturated heterocycles. The van der Waals surface area contributed by atoms with Crippen molar-refractivity contribution in [3.05, 3.63) is 47.8 Å². The summed E-state index contributed by atoms with van der Waals surface area (Å²) in [6, 6.07) is 11.3. The molecular formula is C13H12N4O. The monoisotopic (exact) mass is 240 g/mol. The van der Waals surface area contributed by atoms with Crippen LogP contribution in [0.1, 0.15) is 11.3 Å². The third-order valence-electron chi connectivity index (χ3n) is 2.26. The van der Waals surface area contributed by atoms with Crippen LogP contribution in [-0.4, -0.2) is 17.1 Å². The van der Waals surface area contributed by atoms with E-state index >= 15 is 0 Å². The number of benzene rings is 1. The van der Waals surface area contributed by atoms with Crippen molar-refractivity contribution in [1.29, 1.82) is 5.26 Å². The molecule has 0 aliphatic heterocycles. The van der Waals surface area contributed by atoms with Crippen LogP contribution in [0.25, 0.3) is 0 Å². The van der Waals surface area contributed by atoms with Crippen molar-refractivity contribution in [3.8, 4) is 6.07 Å². The van der Waals surface area contributed by atoms with Crippen molar-refractivity contribution < 1.29 is 4.74 Å². The zero-order chi connectivity index (χ0) is 12.8. The average molecular weight is 240 g/mol. The molecule has 0 atom stereocenters. The minimum absolute atomic E-state index is 0.334. The summed E-state index contributed by atoms with van der Waals surface area (Å²) in [4.78, 5) is 8.10. The molecule has 1 aromatic carbocycles. The van der Waals surface area contributed by atoms with Gasteiger partial charge in [0, 0.05) is 19.0 Å². The molecule has 1 heterocycles. The summed E-state index contributed by atoms with van der Waals surface area (Å²) in [5.74, 6) is 0.406. The molecule has 2 aromatic rings. The van der Waals surface area contributed by atoms with Crippen LogP contribution in [0.2, 0.25) is 0 Å². The van der Waals surface area contributed by atoms with E-state index in [2.05, 4.69) is 15.3 Å².